The Bertz CT molecular complexity index is 1240. The van der Waals surface area contributed by atoms with Crippen molar-refractivity contribution in [3.8, 4) is 17.6 Å². The van der Waals surface area contributed by atoms with Gasteiger partial charge in [-0.1, -0.05) is 28.9 Å². The average molecular weight is 723 g/mol. The number of ether oxygens (including phenoxy) is 2. The molecule has 3 aromatic rings. The van der Waals surface area contributed by atoms with E-state index < -0.39 is 0 Å². The molecular weight excluding hydrogens is 698 g/mol. The van der Waals surface area contributed by atoms with Crippen LogP contribution >= 0.6 is 11.6 Å². The van der Waals surface area contributed by atoms with E-state index in [4.69, 9.17) is 21.6 Å². The van der Waals surface area contributed by atoms with Crippen LogP contribution in [0.5, 0.6) is 11.5 Å². The molecule has 0 saturated carbocycles. The van der Waals surface area contributed by atoms with Crippen molar-refractivity contribution in [1.29, 1.82) is 5.26 Å². The van der Waals surface area contributed by atoms with Crippen molar-refractivity contribution in [2.24, 2.45) is 5.16 Å². The molecule has 14 heteroatoms. The molecule has 0 atom stereocenters. The number of hydrogen-bond donors (Lipinski definition) is 2. The Morgan fingerprint density at radius 2 is 1.82 bits per heavy atom. The number of hydrogen-bond acceptors (Lipinski definition) is 9. The van der Waals surface area contributed by atoms with Crippen molar-refractivity contribution in [1.82, 2.24) is 14.9 Å². The number of carbonyl (C=O) groups is 2. The Balaban J connectivity index is 0.000000737. The standard InChI is InChI=1S/C20H15ClN6O3.C5H10NO2.W/c21-15-3-1-14(2-4-15)12-27(13-28)20(26-29)25-16-5-7-17(8-6-16)30-18-10-23-19(9-22)24-11-18;1-6-4-3-5(7)8-2;/h1-8,10-11,13,29H,12H2,(H,25,26);3-4H2,1-2H3;/q;-1;. The number of rotatable bonds is 9. The summed E-state index contributed by atoms with van der Waals surface area (Å²) in [6.07, 6.45) is 3.74. The molecule has 0 radical (unpaired) electrons. The van der Waals surface area contributed by atoms with Crippen molar-refractivity contribution in [3.63, 3.8) is 0 Å². The number of amides is 1. The van der Waals surface area contributed by atoms with E-state index in [0.717, 1.165) is 5.56 Å². The SMILES string of the molecule is C[N-]CCC(=O)OC.N#Cc1ncc(Oc2ccc(N/C(=N/O)N(C=O)Cc3ccc(Cl)cc3)cc2)cn1.[W]. The summed E-state index contributed by atoms with van der Waals surface area (Å²) in [6, 6.07) is 15.5. The van der Waals surface area contributed by atoms with Gasteiger partial charge in [0, 0.05) is 38.2 Å². The summed E-state index contributed by atoms with van der Waals surface area (Å²) >= 11 is 5.87. The largest absolute Gasteiger partial charge is 0.665 e. The van der Waals surface area contributed by atoms with Gasteiger partial charge in [-0.3, -0.25) is 14.5 Å². The summed E-state index contributed by atoms with van der Waals surface area (Å²) in [5, 5.41) is 28.4. The van der Waals surface area contributed by atoms with Gasteiger partial charge in [0.2, 0.25) is 18.2 Å². The number of guanidine groups is 1. The third kappa shape index (κ3) is 11.9. The number of nitrogens with zero attached hydrogens (tertiary/aromatic N) is 6. The van der Waals surface area contributed by atoms with Crippen LogP contribution in [0.15, 0.2) is 66.1 Å². The van der Waals surface area contributed by atoms with Crippen LogP contribution in [0.3, 0.4) is 0 Å². The smallest absolute Gasteiger partial charge is 0.303 e. The monoisotopic (exact) mass is 722 g/mol. The van der Waals surface area contributed by atoms with E-state index in [0.29, 0.717) is 41.6 Å². The summed E-state index contributed by atoms with van der Waals surface area (Å²) < 4.78 is 9.96. The number of esters is 1. The number of halogens is 1. The van der Waals surface area contributed by atoms with Crippen molar-refractivity contribution < 1.29 is 45.3 Å². The summed E-state index contributed by atoms with van der Waals surface area (Å²) in [5.74, 6) is 0.688. The fourth-order valence-electron chi connectivity index (χ4n) is 2.71. The van der Waals surface area contributed by atoms with Crippen molar-refractivity contribution in [2.45, 2.75) is 13.0 Å². The molecule has 204 valence electrons. The van der Waals surface area contributed by atoms with E-state index in [9.17, 15) is 14.8 Å². The molecule has 0 aliphatic heterocycles. The van der Waals surface area contributed by atoms with E-state index >= 15 is 0 Å². The zero-order valence-corrected chi connectivity index (χ0v) is 24.7. The second-order valence-corrected chi connectivity index (χ2v) is 7.69. The molecule has 0 aliphatic rings. The first-order chi connectivity index (χ1) is 18.4. The van der Waals surface area contributed by atoms with E-state index in [2.05, 4.69) is 30.5 Å². The van der Waals surface area contributed by atoms with Gasteiger partial charge in [0.1, 0.15) is 11.8 Å². The second-order valence-electron chi connectivity index (χ2n) is 7.25. The number of anilines is 1. The molecule has 12 nitrogen and oxygen atoms in total. The maximum absolute atomic E-state index is 11.5. The van der Waals surface area contributed by atoms with Crippen LogP contribution < -0.4 is 10.1 Å². The molecule has 0 saturated heterocycles. The molecule has 0 fully saturated rings. The van der Waals surface area contributed by atoms with Crippen molar-refractivity contribution in [3.05, 3.63) is 82.7 Å². The summed E-state index contributed by atoms with van der Waals surface area (Å²) in [5.41, 5.74) is 1.37. The van der Waals surface area contributed by atoms with Crippen LogP contribution in [0, 0.1) is 11.3 Å². The Hall–Kier alpha value is -4.04. The minimum Gasteiger partial charge on any atom is -0.665 e. The van der Waals surface area contributed by atoms with Gasteiger partial charge in [-0.05, 0) is 42.0 Å². The first kappa shape index (κ1) is 33.0. The normalized spacial score (nSPS) is 10.1. The van der Waals surface area contributed by atoms with Crippen LogP contribution in [-0.4, -0.2) is 59.1 Å². The zero-order valence-electron chi connectivity index (χ0n) is 21.0. The molecule has 0 spiro atoms. The number of oxime groups is 1. The Morgan fingerprint density at radius 3 is 2.33 bits per heavy atom. The van der Waals surface area contributed by atoms with Gasteiger partial charge in [0.25, 0.3) is 0 Å². The molecular formula is C25H25ClN7O5W-. The van der Waals surface area contributed by atoms with Crippen LogP contribution in [0.1, 0.15) is 17.8 Å². The molecule has 0 unspecified atom stereocenters. The van der Waals surface area contributed by atoms with E-state index in [-0.39, 0.29) is 45.4 Å². The van der Waals surface area contributed by atoms with Gasteiger partial charge >= 0.3 is 5.97 Å². The molecule has 39 heavy (non-hydrogen) atoms. The summed E-state index contributed by atoms with van der Waals surface area (Å²) in [6.45, 7) is 0.750. The third-order valence-corrected chi connectivity index (χ3v) is 4.85. The van der Waals surface area contributed by atoms with E-state index in [1.165, 1.54) is 24.4 Å². The fourth-order valence-corrected chi connectivity index (χ4v) is 2.83. The van der Waals surface area contributed by atoms with Gasteiger partial charge in [-0.15, -0.1) is 6.54 Å². The predicted molar refractivity (Wildman–Crippen MR) is 140 cm³/mol. The molecule has 1 aromatic heterocycles. The van der Waals surface area contributed by atoms with Gasteiger partial charge in [0.05, 0.1) is 26.0 Å². The molecule has 2 aromatic carbocycles. The first-order valence-corrected chi connectivity index (χ1v) is 11.4. The predicted octanol–water partition coefficient (Wildman–Crippen LogP) is 4.16. The summed E-state index contributed by atoms with van der Waals surface area (Å²) in [4.78, 5) is 30.6. The van der Waals surface area contributed by atoms with Crippen LogP contribution in [-0.2, 0) is 41.9 Å². The minimum atomic E-state index is -0.199. The van der Waals surface area contributed by atoms with Crippen molar-refractivity contribution >= 4 is 35.6 Å². The maximum atomic E-state index is 11.5. The quantitative estimate of drug-likeness (QED) is 0.0825. The zero-order chi connectivity index (χ0) is 27.8. The Morgan fingerprint density at radius 1 is 1.18 bits per heavy atom. The average Bonchev–Trinajstić information content (AvgIpc) is 2.96. The fraction of sp³-hybridized carbons (Fsp3) is 0.200. The minimum absolute atomic E-state index is 0. The number of aromatic nitrogens is 2. The maximum Gasteiger partial charge on any atom is 0.303 e. The number of nitriles is 1. The molecule has 2 N–H and O–H groups in total. The van der Waals surface area contributed by atoms with Gasteiger partial charge < -0.3 is 25.3 Å². The molecule has 0 bridgehead atoms. The Kier molecular flexibility index (Phi) is 15.4. The topological polar surface area (TPSA) is 164 Å². The number of methoxy groups -OCH3 is 1. The Labute approximate surface area is 244 Å². The number of nitrogens with one attached hydrogen (secondary N) is 1. The molecule has 3 rings (SSSR count). The first-order valence-electron chi connectivity index (χ1n) is 11.0. The number of benzene rings is 2. The number of carbonyl (C=O) groups excluding carboxylic acids is 2. The van der Waals surface area contributed by atoms with Gasteiger partial charge in [-0.2, -0.15) is 12.3 Å². The molecule has 1 amide bonds. The van der Waals surface area contributed by atoms with Crippen LogP contribution in [0.25, 0.3) is 5.32 Å². The van der Waals surface area contributed by atoms with Gasteiger partial charge in [0.15, 0.2) is 5.75 Å². The van der Waals surface area contributed by atoms with Crippen LogP contribution in [0.2, 0.25) is 5.02 Å². The second kappa shape index (κ2) is 18.2. The van der Waals surface area contributed by atoms with Crippen LogP contribution in [0.4, 0.5) is 5.69 Å². The third-order valence-electron chi connectivity index (χ3n) is 4.60. The molecule has 0 aliphatic carbocycles. The van der Waals surface area contributed by atoms with E-state index in [1.807, 2.05) is 6.07 Å². The van der Waals surface area contributed by atoms with Crippen molar-refractivity contribution in [2.75, 3.05) is 26.0 Å². The molecule has 1 heterocycles. The van der Waals surface area contributed by atoms with E-state index in [1.54, 1.807) is 55.6 Å². The van der Waals surface area contributed by atoms with Gasteiger partial charge in [-0.25, -0.2) is 9.97 Å². The summed E-state index contributed by atoms with van der Waals surface area (Å²) in [7, 11) is 3.04.